The summed E-state index contributed by atoms with van der Waals surface area (Å²) in [6, 6.07) is 0. The van der Waals surface area contributed by atoms with E-state index in [9.17, 15) is 0 Å². The zero-order valence-corrected chi connectivity index (χ0v) is 20.9. The van der Waals surface area contributed by atoms with Gasteiger partial charge in [-0.15, -0.1) is 37.9 Å². The fourth-order valence-corrected chi connectivity index (χ4v) is 1.80. The van der Waals surface area contributed by atoms with Crippen LogP contribution in [-0.4, -0.2) is 52.4 Å². The van der Waals surface area contributed by atoms with Gasteiger partial charge in [-0.2, -0.15) is 0 Å². The Morgan fingerprint density at radius 2 is 0.680 bits per heavy atom. The van der Waals surface area contributed by atoms with Crippen LogP contribution in [0.1, 0.15) is 25.7 Å². The first-order chi connectivity index (χ1) is 8.00. The Kier molecular flexibility index (Phi) is 112. The molecule has 1 aliphatic heterocycles. The Balaban J connectivity index is -0.0000000406. The molecule has 164 valence electrons. The SMILES string of the molecule is C1C[N-]CCCNCCCNCCCNC1.Cl.Cl.[CH3-].[CH3-].[CH3-].[CH3-].[CH3-].[CH3-].[Ti]. The van der Waals surface area contributed by atoms with Gasteiger partial charge in [0.15, 0.2) is 0 Å². The van der Waals surface area contributed by atoms with Crippen LogP contribution >= 0.6 is 24.8 Å². The molecule has 0 aromatic carbocycles. The molecule has 1 saturated heterocycles. The number of nitrogens with one attached hydrogen (secondary N) is 3. The molecule has 1 fully saturated rings. The van der Waals surface area contributed by atoms with Crippen molar-refractivity contribution >= 4 is 24.8 Å². The molecular weight excluding hydrogens is 391 g/mol. The van der Waals surface area contributed by atoms with Gasteiger partial charge in [-0.1, -0.05) is 12.8 Å². The Hall–Kier alpha value is 1.13. The predicted molar refractivity (Wildman–Crippen MR) is 123 cm³/mol. The average molecular weight is 438 g/mol. The number of halogens is 2. The van der Waals surface area contributed by atoms with Gasteiger partial charge in [-0.25, -0.2) is 0 Å². The van der Waals surface area contributed by atoms with E-state index in [0.29, 0.717) is 0 Å². The van der Waals surface area contributed by atoms with Crippen molar-refractivity contribution in [2.45, 2.75) is 25.7 Å². The summed E-state index contributed by atoms with van der Waals surface area (Å²) in [5.74, 6) is 0. The summed E-state index contributed by atoms with van der Waals surface area (Å²) >= 11 is 0. The average Bonchev–Trinajstić information content (AvgIpc) is 2.29. The Bertz CT molecular complexity index is 95.0. The van der Waals surface area contributed by atoms with Crippen LogP contribution in [0.3, 0.4) is 0 Å². The van der Waals surface area contributed by atoms with Gasteiger partial charge in [0, 0.05) is 21.7 Å². The molecule has 3 N–H and O–H groups in total. The molecule has 1 rings (SSSR count). The molecule has 0 unspecified atom stereocenters. The molecule has 0 spiro atoms. The van der Waals surface area contributed by atoms with Crippen LogP contribution in [0.25, 0.3) is 5.32 Å². The molecule has 0 amide bonds. The summed E-state index contributed by atoms with van der Waals surface area (Å²) in [5, 5.41) is 14.9. The minimum Gasteiger partial charge on any atom is -0.662 e. The Labute approximate surface area is 189 Å². The topological polar surface area (TPSA) is 50.2 Å². The molecule has 25 heavy (non-hydrogen) atoms. The summed E-state index contributed by atoms with van der Waals surface area (Å²) < 4.78 is 0. The van der Waals surface area contributed by atoms with Gasteiger partial charge in [0.05, 0.1) is 0 Å². The third-order valence-electron chi connectivity index (χ3n) is 2.75. The second kappa shape index (κ2) is 49.9. The van der Waals surface area contributed by atoms with Gasteiger partial charge >= 0.3 is 0 Å². The van der Waals surface area contributed by atoms with Gasteiger partial charge in [0.1, 0.15) is 0 Å². The predicted octanol–water partition coefficient (Wildman–Crippen LogP) is 4.25. The second-order valence-corrected chi connectivity index (χ2v) is 4.34. The molecule has 0 atom stereocenters. The largest absolute Gasteiger partial charge is 0.662 e. The third kappa shape index (κ3) is 45.8. The van der Waals surface area contributed by atoms with Gasteiger partial charge in [0.2, 0.25) is 0 Å². The van der Waals surface area contributed by atoms with Gasteiger partial charge in [-0.3, -0.25) is 0 Å². The normalized spacial score (nSPS) is 15.4. The first kappa shape index (κ1) is 56.2. The summed E-state index contributed by atoms with van der Waals surface area (Å²) in [5.41, 5.74) is 0. The van der Waals surface area contributed by atoms with E-state index in [0.717, 1.165) is 52.4 Å². The Morgan fingerprint density at radius 1 is 0.440 bits per heavy atom. The number of rotatable bonds is 0. The van der Waals surface area contributed by atoms with E-state index in [-0.39, 0.29) is 91.1 Å². The van der Waals surface area contributed by atoms with Crippen LogP contribution in [-0.2, 0) is 21.7 Å². The molecule has 7 heteroatoms. The molecule has 1 heterocycles. The van der Waals surface area contributed by atoms with Crippen molar-refractivity contribution in [1.29, 1.82) is 0 Å². The molecule has 1 aliphatic rings. The molecule has 0 aromatic heterocycles. The van der Waals surface area contributed by atoms with Gasteiger partial charge in [0.25, 0.3) is 0 Å². The molecule has 0 bridgehead atoms. The molecule has 0 radical (unpaired) electrons. The maximum absolute atomic E-state index is 4.51. The number of hydrogen-bond acceptors (Lipinski definition) is 3. The van der Waals surface area contributed by atoms with Crippen LogP contribution in [0, 0.1) is 44.6 Å². The van der Waals surface area contributed by atoms with Crippen molar-refractivity contribution in [3.8, 4) is 0 Å². The summed E-state index contributed by atoms with van der Waals surface area (Å²) in [6.07, 6.45) is 4.82. The Morgan fingerprint density at radius 3 is 0.960 bits per heavy atom. The minimum atomic E-state index is 0. The first-order valence-corrected chi connectivity index (χ1v) is 6.75. The molecular formula is C18H47Cl2N4Ti-7. The molecule has 4 nitrogen and oxygen atoms in total. The minimum absolute atomic E-state index is 0. The van der Waals surface area contributed by atoms with Crippen molar-refractivity contribution in [2.75, 3.05) is 52.4 Å². The number of nitrogens with zero attached hydrogens (tertiary/aromatic N) is 1. The standard InChI is InChI=1S/C12H27N4.6CH3.2ClH.Ti/c1-5-13-7-2-9-15-11-4-12-16-10-3-8-14-6-1;;;;;;;;;/h13-15H,1-12H2;6*1H3;2*1H;/q7*-1;;;. The van der Waals surface area contributed by atoms with Crippen LogP contribution < -0.4 is 16.0 Å². The van der Waals surface area contributed by atoms with Crippen molar-refractivity contribution in [1.82, 2.24) is 16.0 Å². The van der Waals surface area contributed by atoms with E-state index < -0.39 is 0 Å². The van der Waals surface area contributed by atoms with Crippen molar-refractivity contribution < 1.29 is 21.7 Å². The van der Waals surface area contributed by atoms with E-state index in [1.54, 1.807) is 0 Å². The van der Waals surface area contributed by atoms with E-state index >= 15 is 0 Å². The maximum atomic E-state index is 4.51. The fraction of sp³-hybridized carbons (Fsp3) is 0.667. The van der Waals surface area contributed by atoms with Crippen molar-refractivity contribution in [3.05, 3.63) is 49.9 Å². The number of hydrogen-bond donors (Lipinski definition) is 3. The van der Waals surface area contributed by atoms with Crippen LogP contribution in [0.4, 0.5) is 0 Å². The van der Waals surface area contributed by atoms with Crippen LogP contribution in [0.2, 0.25) is 0 Å². The third-order valence-corrected chi connectivity index (χ3v) is 2.75. The molecule has 0 aromatic rings. The van der Waals surface area contributed by atoms with E-state index in [4.69, 9.17) is 0 Å². The van der Waals surface area contributed by atoms with E-state index in [1.807, 2.05) is 0 Å². The zero-order chi connectivity index (χ0) is 11.3. The van der Waals surface area contributed by atoms with E-state index in [1.165, 1.54) is 25.7 Å². The summed E-state index contributed by atoms with van der Waals surface area (Å²) in [6.45, 7) is 8.80. The summed E-state index contributed by atoms with van der Waals surface area (Å²) in [4.78, 5) is 0. The maximum Gasteiger partial charge on any atom is 0 e. The summed E-state index contributed by atoms with van der Waals surface area (Å²) in [7, 11) is 0. The fourth-order valence-electron chi connectivity index (χ4n) is 1.80. The molecule has 0 aliphatic carbocycles. The van der Waals surface area contributed by atoms with Crippen LogP contribution in [0.5, 0.6) is 0 Å². The van der Waals surface area contributed by atoms with E-state index in [2.05, 4.69) is 21.3 Å². The van der Waals surface area contributed by atoms with Crippen molar-refractivity contribution in [2.24, 2.45) is 0 Å². The van der Waals surface area contributed by atoms with Gasteiger partial charge < -0.3 is 65.8 Å². The zero-order valence-electron chi connectivity index (χ0n) is 17.7. The quantitative estimate of drug-likeness (QED) is 0.392. The van der Waals surface area contributed by atoms with Gasteiger partial charge in [-0.05, 0) is 52.1 Å². The van der Waals surface area contributed by atoms with Crippen LogP contribution in [0.15, 0.2) is 0 Å². The first-order valence-electron chi connectivity index (χ1n) is 6.75. The molecule has 0 saturated carbocycles. The monoisotopic (exact) mass is 437 g/mol. The second-order valence-electron chi connectivity index (χ2n) is 4.34. The smallest absolute Gasteiger partial charge is 0 e. The van der Waals surface area contributed by atoms with Crippen molar-refractivity contribution in [3.63, 3.8) is 0 Å².